The van der Waals surface area contributed by atoms with E-state index in [4.69, 9.17) is 16.3 Å². The Bertz CT molecular complexity index is 888. The highest BCUT2D eigenvalue weighted by atomic mass is 35.5. The van der Waals surface area contributed by atoms with Gasteiger partial charge in [-0.3, -0.25) is 9.69 Å². The molecule has 1 aliphatic heterocycles. The lowest BCUT2D eigenvalue weighted by Crippen LogP contribution is -2.41. The number of carbonyl (C=O) groups excluding carboxylic acids is 2. The molecule has 0 saturated carbocycles. The van der Waals surface area contributed by atoms with Gasteiger partial charge in [0, 0.05) is 11.6 Å². The van der Waals surface area contributed by atoms with Crippen LogP contribution in [0.4, 0.5) is 4.79 Å². The van der Waals surface area contributed by atoms with Gasteiger partial charge in [0.2, 0.25) is 0 Å². The summed E-state index contributed by atoms with van der Waals surface area (Å²) in [6.45, 7) is 8.87. The number of nitrogens with zero attached hydrogens (tertiary/aromatic N) is 1. The van der Waals surface area contributed by atoms with Crippen LogP contribution in [-0.2, 0) is 15.7 Å². The summed E-state index contributed by atoms with van der Waals surface area (Å²) >= 11 is 5.86. The minimum Gasteiger partial charge on any atom is -0.494 e. The summed E-state index contributed by atoms with van der Waals surface area (Å²) in [6.07, 6.45) is 0.542. The maximum atomic E-state index is 13.0. The Morgan fingerprint density at radius 2 is 1.66 bits per heavy atom. The maximum Gasteiger partial charge on any atom is 0.325 e. The summed E-state index contributed by atoms with van der Waals surface area (Å²) in [7, 11) is 0. The molecule has 6 heteroatoms. The molecule has 1 unspecified atom stereocenters. The molecular weight excluding hydrogens is 388 g/mol. The highest BCUT2D eigenvalue weighted by Crippen LogP contribution is 2.31. The van der Waals surface area contributed by atoms with Crippen LogP contribution < -0.4 is 10.1 Å². The summed E-state index contributed by atoms with van der Waals surface area (Å²) < 4.78 is 5.64. The first-order chi connectivity index (χ1) is 13.6. The van der Waals surface area contributed by atoms with Crippen LogP contribution in [0.15, 0.2) is 48.5 Å². The van der Waals surface area contributed by atoms with Gasteiger partial charge in [-0.1, -0.05) is 56.6 Å². The van der Waals surface area contributed by atoms with Gasteiger partial charge in [0.25, 0.3) is 5.91 Å². The van der Waals surface area contributed by atoms with Crippen LogP contribution >= 0.6 is 11.6 Å². The molecule has 2 aromatic rings. The largest absolute Gasteiger partial charge is 0.494 e. The second-order valence-electron chi connectivity index (χ2n) is 8.50. The minimum atomic E-state index is -1.05. The smallest absolute Gasteiger partial charge is 0.325 e. The number of urea groups is 1. The molecule has 1 saturated heterocycles. The van der Waals surface area contributed by atoms with Crippen molar-refractivity contribution < 1.29 is 14.3 Å². The van der Waals surface area contributed by atoms with Gasteiger partial charge >= 0.3 is 6.03 Å². The number of carbonyl (C=O) groups is 2. The fourth-order valence-corrected chi connectivity index (χ4v) is 3.47. The topological polar surface area (TPSA) is 58.6 Å². The van der Waals surface area contributed by atoms with E-state index in [9.17, 15) is 9.59 Å². The lowest BCUT2D eigenvalue weighted by atomic mass is 9.84. The molecule has 3 rings (SSSR count). The Balaban J connectivity index is 1.61. The van der Waals surface area contributed by atoms with Gasteiger partial charge in [-0.05, 0) is 54.2 Å². The van der Waals surface area contributed by atoms with E-state index in [1.807, 2.05) is 24.3 Å². The number of hydrogen-bond donors (Lipinski definition) is 1. The van der Waals surface area contributed by atoms with E-state index in [0.717, 1.165) is 5.56 Å². The predicted molar refractivity (Wildman–Crippen MR) is 114 cm³/mol. The van der Waals surface area contributed by atoms with Gasteiger partial charge < -0.3 is 10.1 Å². The first-order valence-electron chi connectivity index (χ1n) is 9.75. The SMILES string of the molecule is CC(C)(C)c1ccc(C2(C)NC(=O)N(CCCOc3ccc(Cl)cc3)C2=O)cc1. The van der Waals surface area contributed by atoms with Crippen LogP contribution in [0, 0.1) is 0 Å². The molecule has 5 nitrogen and oxygen atoms in total. The molecule has 2 aromatic carbocycles. The van der Waals surface area contributed by atoms with Crippen LogP contribution in [0.1, 0.15) is 45.2 Å². The fraction of sp³-hybridized carbons (Fsp3) is 0.391. The first kappa shape index (κ1) is 21.2. The second kappa shape index (κ2) is 8.07. The molecule has 0 spiro atoms. The zero-order chi connectivity index (χ0) is 21.2. The van der Waals surface area contributed by atoms with Crippen LogP contribution in [-0.4, -0.2) is 30.0 Å². The van der Waals surface area contributed by atoms with Crippen LogP contribution in [0.3, 0.4) is 0 Å². The molecule has 0 radical (unpaired) electrons. The molecular formula is C23H27ClN2O3. The number of ether oxygens (including phenoxy) is 1. The number of halogens is 1. The Morgan fingerprint density at radius 1 is 1.03 bits per heavy atom. The third kappa shape index (κ3) is 4.56. The normalized spacial score (nSPS) is 19.4. The number of rotatable bonds is 6. The summed E-state index contributed by atoms with van der Waals surface area (Å²) in [5.41, 5.74) is 0.935. The molecule has 1 heterocycles. The number of amides is 3. The molecule has 3 amide bonds. The van der Waals surface area contributed by atoms with Crippen molar-refractivity contribution in [1.29, 1.82) is 0 Å². The van der Waals surface area contributed by atoms with E-state index in [1.165, 1.54) is 10.5 Å². The quantitative estimate of drug-likeness (QED) is 0.541. The number of imide groups is 1. The number of benzene rings is 2. The Hall–Kier alpha value is -2.53. The van der Waals surface area contributed by atoms with Crippen molar-refractivity contribution >= 4 is 23.5 Å². The van der Waals surface area contributed by atoms with E-state index in [-0.39, 0.29) is 17.4 Å². The van der Waals surface area contributed by atoms with Crippen LogP contribution in [0.25, 0.3) is 0 Å². The average molecular weight is 415 g/mol. The van der Waals surface area contributed by atoms with Crippen molar-refractivity contribution in [3.8, 4) is 5.75 Å². The van der Waals surface area contributed by atoms with Gasteiger partial charge in [0.15, 0.2) is 0 Å². The summed E-state index contributed by atoms with van der Waals surface area (Å²) in [5.74, 6) is 0.466. The fourth-order valence-electron chi connectivity index (χ4n) is 3.34. The molecule has 1 atom stereocenters. The van der Waals surface area contributed by atoms with Gasteiger partial charge in [-0.2, -0.15) is 0 Å². The summed E-state index contributed by atoms with van der Waals surface area (Å²) in [4.78, 5) is 26.7. The monoisotopic (exact) mass is 414 g/mol. The van der Waals surface area contributed by atoms with Crippen molar-refractivity contribution in [3.05, 3.63) is 64.7 Å². The number of hydrogen-bond acceptors (Lipinski definition) is 3. The van der Waals surface area contributed by atoms with Crippen LogP contribution in [0.2, 0.25) is 5.02 Å². The van der Waals surface area contributed by atoms with E-state index in [0.29, 0.717) is 30.3 Å². The Labute approximate surface area is 177 Å². The molecule has 0 aliphatic carbocycles. The standard InChI is InChI=1S/C23H27ClN2O3/c1-22(2,3)16-6-8-17(9-7-16)23(4)20(27)26(21(28)25-23)14-5-15-29-19-12-10-18(24)11-13-19/h6-13H,5,14-15H2,1-4H3,(H,25,28). The third-order valence-corrected chi connectivity index (χ3v) is 5.46. The van der Waals surface area contributed by atoms with Crippen molar-refractivity contribution in [1.82, 2.24) is 10.2 Å². The molecule has 1 fully saturated rings. The third-order valence-electron chi connectivity index (χ3n) is 5.21. The first-order valence-corrected chi connectivity index (χ1v) is 10.1. The minimum absolute atomic E-state index is 0.0263. The van der Waals surface area contributed by atoms with Crippen LogP contribution in [0.5, 0.6) is 5.75 Å². The molecule has 0 bridgehead atoms. The Morgan fingerprint density at radius 3 is 2.24 bits per heavy atom. The van der Waals surface area contributed by atoms with E-state index in [2.05, 4.69) is 26.1 Å². The molecule has 1 aliphatic rings. The molecule has 29 heavy (non-hydrogen) atoms. The molecule has 154 valence electrons. The van der Waals surface area contributed by atoms with Crippen molar-refractivity contribution in [2.45, 2.75) is 45.1 Å². The average Bonchev–Trinajstić information content (AvgIpc) is 2.89. The van der Waals surface area contributed by atoms with Gasteiger partial charge in [0.1, 0.15) is 11.3 Å². The Kier molecular flexibility index (Phi) is 5.90. The van der Waals surface area contributed by atoms with E-state index < -0.39 is 5.54 Å². The maximum absolute atomic E-state index is 13.0. The number of nitrogens with one attached hydrogen (secondary N) is 1. The predicted octanol–water partition coefficient (Wildman–Crippen LogP) is 4.87. The highest BCUT2D eigenvalue weighted by molar-refractivity contribution is 6.30. The van der Waals surface area contributed by atoms with E-state index >= 15 is 0 Å². The lowest BCUT2D eigenvalue weighted by molar-refractivity contribution is -0.131. The highest BCUT2D eigenvalue weighted by Gasteiger charge is 2.48. The van der Waals surface area contributed by atoms with Crippen molar-refractivity contribution in [3.63, 3.8) is 0 Å². The van der Waals surface area contributed by atoms with Gasteiger partial charge in [0.05, 0.1) is 6.61 Å². The zero-order valence-electron chi connectivity index (χ0n) is 17.3. The van der Waals surface area contributed by atoms with E-state index in [1.54, 1.807) is 31.2 Å². The second-order valence-corrected chi connectivity index (χ2v) is 8.93. The molecule has 1 N–H and O–H groups in total. The summed E-state index contributed by atoms with van der Waals surface area (Å²) in [5, 5.41) is 3.50. The van der Waals surface area contributed by atoms with Crippen molar-refractivity contribution in [2.24, 2.45) is 0 Å². The lowest BCUT2D eigenvalue weighted by Gasteiger charge is -2.24. The van der Waals surface area contributed by atoms with Crippen molar-refractivity contribution in [2.75, 3.05) is 13.2 Å². The molecule has 0 aromatic heterocycles. The van der Waals surface area contributed by atoms with Gasteiger partial charge in [-0.15, -0.1) is 0 Å². The zero-order valence-corrected chi connectivity index (χ0v) is 18.0. The van der Waals surface area contributed by atoms with Gasteiger partial charge in [-0.25, -0.2) is 4.79 Å². The summed E-state index contributed by atoms with van der Waals surface area (Å²) in [6, 6.07) is 14.6.